The largest absolute Gasteiger partial charge is 0.501 e. The van der Waals surface area contributed by atoms with Gasteiger partial charge in [0.2, 0.25) is 0 Å². The van der Waals surface area contributed by atoms with Crippen LogP contribution in [0.25, 0.3) is 0 Å². The van der Waals surface area contributed by atoms with Gasteiger partial charge in [-0.2, -0.15) is 0 Å². The molecule has 0 heterocycles. The van der Waals surface area contributed by atoms with Crippen LogP contribution in [0.5, 0.6) is 0 Å². The van der Waals surface area contributed by atoms with Gasteiger partial charge in [-0.15, -0.1) is 0 Å². The summed E-state index contributed by atoms with van der Waals surface area (Å²) in [6, 6.07) is 0.930. The molecule has 0 aliphatic heterocycles. The highest BCUT2D eigenvalue weighted by atomic mass is 28.4. The summed E-state index contributed by atoms with van der Waals surface area (Å²) in [6.07, 6.45) is 25.4. The fourth-order valence-electron chi connectivity index (χ4n) is 4.71. The lowest BCUT2D eigenvalue weighted by Gasteiger charge is -2.32. The molecule has 0 amide bonds. The Balaban J connectivity index is 4.03. The zero-order chi connectivity index (χ0) is 25.2. The van der Waals surface area contributed by atoms with E-state index in [9.17, 15) is 4.39 Å². The van der Waals surface area contributed by atoms with Crippen LogP contribution in [0.2, 0.25) is 6.04 Å². The van der Waals surface area contributed by atoms with Crippen LogP contribution in [0.15, 0.2) is 0 Å². The Morgan fingerprint density at radius 2 is 0.971 bits per heavy atom. The zero-order valence-electron chi connectivity index (χ0n) is 23.7. The molecule has 1 unspecified atom stereocenters. The molecule has 0 N–H and O–H groups in total. The first-order valence-corrected chi connectivity index (χ1v) is 17.1. The van der Waals surface area contributed by atoms with Gasteiger partial charge in [-0.05, 0) is 40.0 Å². The molecule has 0 spiro atoms. The van der Waals surface area contributed by atoms with E-state index in [1.807, 2.05) is 0 Å². The Morgan fingerprint density at radius 3 is 1.41 bits per heavy atom. The normalized spacial score (nSPS) is 13.0. The fraction of sp³-hybridized carbons (Fsp3) is 1.00. The van der Waals surface area contributed by atoms with E-state index < -0.39 is 8.80 Å². The molecular weight excluding hydrogens is 443 g/mol. The second kappa shape index (κ2) is 26.1. The lowest BCUT2D eigenvalue weighted by molar-refractivity contribution is 0.0342. The molecule has 5 heteroatoms. The van der Waals surface area contributed by atoms with E-state index in [1.165, 1.54) is 103 Å². The first kappa shape index (κ1) is 34.0. The van der Waals surface area contributed by atoms with E-state index in [0.717, 1.165) is 31.7 Å². The minimum atomic E-state index is -2.59. The molecule has 0 saturated heterocycles. The number of hydrogen-bond donors (Lipinski definition) is 0. The first-order chi connectivity index (χ1) is 16.6. The van der Waals surface area contributed by atoms with Crippen LogP contribution < -0.4 is 0 Å². The average molecular weight is 505 g/mol. The minimum Gasteiger partial charge on any atom is -0.374 e. The van der Waals surface area contributed by atoms with Crippen molar-refractivity contribution in [2.24, 2.45) is 0 Å². The number of hydrogen-bond acceptors (Lipinski definition) is 3. The summed E-state index contributed by atoms with van der Waals surface area (Å²) in [7, 11) is -2.59. The van der Waals surface area contributed by atoms with E-state index in [-0.39, 0.29) is 12.8 Å². The summed E-state index contributed by atoms with van der Waals surface area (Å²) in [4.78, 5) is 0. The molecule has 0 rings (SSSR count). The highest BCUT2D eigenvalue weighted by Crippen LogP contribution is 2.24. The standard InChI is InChI=1S/C29H61FO3Si/c1-5-8-9-10-11-12-13-14-17-20-23-26-29(4)33-34(31-6-2,32-7-3)28-25-22-19-16-15-18-21-24-27-30/h29H,5-28H2,1-4H3. The Kier molecular flexibility index (Phi) is 26.1. The molecule has 34 heavy (non-hydrogen) atoms. The maximum Gasteiger partial charge on any atom is 0.501 e. The van der Waals surface area contributed by atoms with E-state index >= 15 is 0 Å². The van der Waals surface area contributed by atoms with Crippen molar-refractivity contribution in [1.82, 2.24) is 0 Å². The second-order valence-electron chi connectivity index (χ2n) is 10.1. The van der Waals surface area contributed by atoms with Crippen molar-refractivity contribution in [2.75, 3.05) is 19.9 Å². The summed E-state index contributed by atoms with van der Waals surface area (Å²) in [5, 5.41) is 0. The van der Waals surface area contributed by atoms with Gasteiger partial charge in [-0.1, -0.05) is 116 Å². The Hall–Kier alpha value is 0.0269. The van der Waals surface area contributed by atoms with Crippen molar-refractivity contribution in [3.63, 3.8) is 0 Å². The van der Waals surface area contributed by atoms with E-state index in [1.54, 1.807) is 0 Å². The van der Waals surface area contributed by atoms with E-state index in [0.29, 0.717) is 13.2 Å². The van der Waals surface area contributed by atoms with Gasteiger partial charge >= 0.3 is 8.80 Å². The van der Waals surface area contributed by atoms with Gasteiger partial charge in [-0.25, -0.2) is 0 Å². The molecule has 0 aliphatic carbocycles. The maximum absolute atomic E-state index is 12.1. The molecule has 206 valence electrons. The molecular formula is C29H61FO3Si. The molecule has 3 nitrogen and oxygen atoms in total. The van der Waals surface area contributed by atoms with Crippen molar-refractivity contribution < 1.29 is 17.7 Å². The molecule has 0 bridgehead atoms. The number of alkyl halides is 1. The van der Waals surface area contributed by atoms with Gasteiger partial charge in [0.05, 0.1) is 6.67 Å². The Labute approximate surface area is 214 Å². The lowest BCUT2D eigenvalue weighted by Crippen LogP contribution is -2.48. The fourth-order valence-corrected chi connectivity index (χ4v) is 7.63. The van der Waals surface area contributed by atoms with Crippen molar-refractivity contribution in [3.8, 4) is 0 Å². The first-order valence-electron chi connectivity index (χ1n) is 15.2. The average Bonchev–Trinajstić information content (AvgIpc) is 2.82. The van der Waals surface area contributed by atoms with Gasteiger partial charge in [0, 0.05) is 25.4 Å². The molecule has 0 aromatic heterocycles. The highest BCUT2D eigenvalue weighted by Gasteiger charge is 2.41. The third kappa shape index (κ3) is 21.3. The number of halogens is 1. The lowest BCUT2D eigenvalue weighted by atomic mass is 10.0. The summed E-state index contributed by atoms with van der Waals surface area (Å²) >= 11 is 0. The zero-order valence-corrected chi connectivity index (χ0v) is 24.7. The predicted molar refractivity (Wildman–Crippen MR) is 148 cm³/mol. The van der Waals surface area contributed by atoms with Crippen LogP contribution in [0.1, 0.15) is 156 Å². The smallest absolute Gasteiger partial charge is 0.374 e. The van der Waals surface area contributed by atoms with Crippen LogP contribution in [0.4, 0.5) is 4.39 Å². The van der Waals surface area contributed by atoms with Crippen LogP contribution in [0, 0.1) is 0 Å². The van der Waals surface area contributed by atoms with E-state index in [4.69, 9.17) is 13.3 Å². The number of unbranched alkanes of at least 4 members (excludes halogenated alkanes) is 17. The second-order valence-corrected chi connectivity index (χ2v) is 12.7. The van der Waals surface area contributed by atoms with Crippen LogP contribution in [-0.4, -0.2) is 34.8 Å². The molecule has 0 radical (unpaired) electrons. The Bertz CT molecular complexity index is 392. The van der Waals surface area contributed by atoms with Crippen molar-refractivity contribution >= 4 is 8.80 Å². The third-order valence-corrected chi connectivity index (χ3v) is 9.87. The monoisotopic (exact) mass is 504 g/mol. The van der Waals surface area contributed by atoms with Crippen molar-refractivity contribution in [3.05, 3.63) is 0 Å². The van der Waals surface area contributed by atoms with E-state index in [2.05, 4.69) is 27.7 Å². The molecule has 0 aromatic carbocycles. The number of rotatable bonds is 28. The highest BCUT2D eigenvalue weighted by molar-refractivity contribution is 6.60. The third-order valence-electron chi connectivity index (χ3n) is 6.69. The molecule has 0 aliphatic rings. The molecule has 0 aromatic rings. The summed E-state index contributed by atoms with van der Waals surface area (Å²) in [6.45, 7) is 9.74. The van der Waals surface area contributed by atoms with Crippen molar-refractivity contribution in [1.29, 1.82) is 0 Å². The van der Waals surface area contributed by atoms with Gasteiger partial charge in [0.15, 0.2) is 0 Å². The van der Waals surface area contributed by atoms with Crippen LogP contribution in [0.3, 0.4) is 0 Å². The maximum atomic E-state index is 12.1. The van der Waals surface area contributed by atoms with Gasteiger partial charge < -0.3 is 13.3 Å². The van der Waals surface area contributed by atoms with Gasteiger partial charge in [-0.3, -0.25) is 4.39 Å². The van der Waals surface area contributed by atoms with Gasteiger partial charge in [0.1, 0.15) is 0 Å². The van der Waals surface area contributed by atoms with Crippen molar-refractivity contribution in [2.45, 2.75) is 168 Å². The topological polar surface area (TPSA) is 27.7 Å². The quantitative estimate of drug-likeness (QED) is 0.0783. The summed E-state index contributed by atoms with van der Waals surface area (Å²) in [5.41, 5.74) is 0. The molecule has 0 fully saturated rings. The molecule has 0 saturated carbocycles. The Morgan fingerprint density at radius 1 is 0.559 bits per heavy atom. The summed E-state index contributed by atoms with van der Waals surface area (Å²) in [5.74, 6) is 0. The summed E-state index contributed by atoms with van der Waals surface area (Å²) < 4.78 is 31.0. The SMILES string of the molecule is CCCCCCCCCCCCCC(C)O[Si](CCCCCCCCCCF)(OCC)OCC. The van der Waals surface area contributed by atoms with Gasteiger partial charge in [0.25, 0.3) is 0 Å². The van der Waals surface area contributed by atoms with Crippen LogP contribution >= 0.6 is 0 Å². The van der Waals surface area contributed by atoms with Crippen LogP contribution in [-0.2, 0) is 13.3 Å². The molecule has 1 atom stereocenters. The minimum absolute atomic E-state index is 0.167. The predicted octanol–water partition coefficient (Wildman–Crippen LogP) is 10.2.